The Balaban J connectivity index is 0.00000650. The molecule has 1 heterocycles. The Hall–Kier alpha value is -3.19. The van der Waals surface area contributed by atoms with Crippen molar-refractivity contribution in [2.24, 2.45) is 4.99 Å². The van der Waals surface area contributed by atoms with Crippen LogP contribution in [-0.4, -0.2) is 17.3 Å². The monoisotopic (exact) mass is 696 g/mol. The van der Waals surface area contributed by atoms with Crippen LogP contribution in [0.25, 0.3) is 22.3 Å². The minimum atomic E-state index is 0. The van der Waals surface area contributed by atoms with Crippen molar-refractivity contribution in [3.8, 4) is 28.0 Å². The van der Waals surface area contributed by atoms with E-state index < -0.39 is 0 Å². The normalized spacial score (nSPS) is 11.3. The summed E-state index contributed by atoms with van der Waals surface area (Å²) in [5.74, 6) is 0.942. The zero-order valence-electron chi connectivity index (χ0n) is 30.4. The Kier molecular flexibility index (Phi) is 20.4. The van der Waals surface area contributed by atoms with Crippen molar-refractivity contribution in [3.63, 3.8) is 0 Å². The third-order valence-electron chi connectivity index (χ3n) is 9.36. The number of hydrogen-bond donors (Lipinski definition) is 0. The molecule has 0 amide bonds. The van der Waals surface area contributed by atoms with Gasteiger partial charge in [0.25, 0.3) is 0 Å². The fraction of sp³-hybridized carbons (Fsp3) is 0.467. The van der Waals surface area contributed by atoms with E-state index in [4.69, 9.17) is 9.73 Å². The van der Waals surface area contributed by atoms with Gasteiger partial charge in [-0.1, -0.05) is 183 Å². The largest absolute Gasteiger partial charge is 0.492 e. The maximum absolute atomic E-state index is 6.69. The van der Waals surface area contributed by atoms with Crippen LogP contribution in [0.3, 0.4) is 0 Å². The van der Waals surface area contributed by atoms with Gasteiger partial charge in [0, 0.05) is 52.2 Å². The first-order valence-corrected chi connectivity index (χ1v) is 19.1. The molecule has 0 aliphatic rings. The molecule has 0 aliphatic carbocycles. The van der Waals surface area contributed by atoms with Crippen LogP contribution < -0.4 is 4.74 Å². The fourth-order valence-corrected chi connectivity index (χ4v) is 6.51. The molecule has 4 aromatic rings. The number of aliphatic imine (C=N–C) groups is 1. The molecule has 0 N–H and O–H groups in total. The Morgan fingerprint density at radius 3 is 1.45 bits per heavy atom. The second kappa shape index (κ2) is 24.9. The zero-order valence-corrected chi connectivity index (χ0v) is 31.7. The molecule has 0 spiro atoms. The van der Waals surface area contributed by atoms with Crippen LogP contribution in [0.15, 0.2) is 102 Å². The third kappa shape index (κ3) is 15.1. The van der Waals surface area contributed by atoms with Crippen molar-refractivity contribution in [2.75, 3.05) is 6.61 Å². The number of benzene rings is 3. The van der Waals surface area contributed by atoms with E-state index in [2.05, 4.69) is 90.8 Å². The summed E-state index contributed by atoms with van der Waals surface area (Å²) < 4.78 is 6.69. The van der Waals surface area contributed by atoms with E-state index in [0.717, 1.165) is 58.0 Å². The number of ether oxygens (including phenoxy) is 1. The molecule has 0 unspecified atom stereocenters. The third-order valence-corrected chi connectivity index (χ3v) is 9.36. The Morgan fingerprint density at radius 1 is 0.571 bits per heavy atom. The number of unbranched alkanes of at least 4 members (excludes halogenated alkanes) is 17. The summed E-state index contributed by atoms with van der Waals surface area (Å²) in [4.78, 5) is 9.34. The first kappa shape index (κ1) is 40.2. The Morgan fingerprint density at radius 2 is 1.02 bits per heavy atom. The molecular weight excluding hydrogens is 637 g/mol. The maximum atomic E-state index is 6.69. The summed E-state index contributed by atoms with van der Waals surface area (Å²) in [7, 11) is 0. The van der Waals surface area contributed by atoms with Gasteiger partial charge in [-0.15, -0.1) is 0 Å². The van der Waals surface area contributed by atoms with Gasteiger partial charge in [-0.3, -0.25) is 9.98 Å². The molecule has 0 atom stereocenters. The summed E-state index contributed by atoms with van der Waals surface area (Å²) in [6.45, 7) is 5.06. The minimum absolute atomic E-state index is 0. The Bertz CT molecular complexity index is 1380. The number of aromatic nitrogens is 1. The molecule has 0 aliphatic heterocycles. The van der Waals surface area contributed by atoms with Crippen LogP contribution in [0.1, 0.15) is 135 Å². The van der Waals surface area contributed by atoms with Crippen LogP contribution in [0.4, 0.5) is 5.69 Å². The molecule has 0 fully saturated rings. The molecule has 0 bridgehead atoms. The standard InChI is InChI=1S/C45H60N2O.Cr/c1-3-4-5-6-7-8-9-10-11-12-13-14-15-16-17-18-19-26-34-48-45-43(39-28-22-20-23-29-39)35-42(36-44(45)40-30-24-21-25-31-40)47-38(2)41-32-27-33-46-37-41;/h20-25,27-33,35-37H,3-19,26,34H2,1-2H3;. The molecular formula is C45H60CrN2O. The van der Waals surface area contributed by atoms with Crippen LogP contribution in [-0.2, 0) is 17.4 Å². The Labute approximate surface area is 309 Å². The van der Waals surface area contributed by atoms with Crippen LogP contribution in [0, 0.1) is 0 Å². The molecule has 4 rings (SSSR count). The summed E-state index contributed by atoms with van der Waals surface area (Å²) in [6.07, 6.45) is 28.5. The van der Waals surface area contributed by atoms with Crippen molar-refractivity contribution in [1.29, 1.82) is 0 Å². The summed E-state index contributed by atoms with van der Waals surface area (Å²) >= 11 is 0. The first-order valence-electron chi connectivity index (χ1n) is 19.1. The van der Waals surface area contributed by atoms with E-state index in [9.17, 15) is 0 Å². The van der Waals surface area contributed by atoms with E-state index in [1.807, 2.05) is 19.2 Å². The van der Waals surface area contributed by atoms with E-state index >= 15 is 0 Å². The number of pyridine rings is 1. The quantitative estimate of drug-likeness (QED) is 0.0540. The fourth-order valence-electron chi connectivity index (χ4n) is 6.51. The second-order valence-electron chi connectivity index (χ2n) is 13.4. The van der Waals surface area contributed by atoms with Gasteiger partial charge in [-0.2, -0.15) is 0 Å². The maximum Gasteiger partial charge on any atom is 0.135 e. The molecule has 49 heavy (non-hydrogen) atoms. The van der Waals surface area contributed by atoms with Gasteiger partial charge in [0.05, 0.1) is 12.3 Å². The summed E-state index contributed by atoms with van der Waals surface area (Å²) in [5.41, 5.74) is 7.31. The molecule has 1 aromatic heterocycles. The van der Waals surface area contributed by atoms with Crippen molar-refractivity contribution in [2.45, 2.75) is 129 Å². The van der Waals surface area contributed by atoms with Crippen molar-refractivity contribution < 1.29 is 22.1 Å². The molecule has 0 saturated carbocycles. The van der Waals surface area contributed by atoms with Gasteiger partial charge in [0.2, 0.25) is 0 Å². The SMILES string of the molecule is CCCCCCCCCCCCCCCCCCCCOc1c(-c2ccccc2)cc(N=C(C)c2cccnc2)cc1-c1ccccc1.[Cr]. The van der Waals surface area contributed by atoms with Gasteiger partial charge < -0.3 is 4.74 Å². The van der Waals surface area contributed by atoms with Gasteiger partial charge >= 0.3 is 0 Å². The van der Waals surface area contributed by atoms with Crippen molar-refractivity contribution in [1.82, 2.24) is 4.98 Å². The van der Waals surface area contributed by atoms with E-state index in [1.54, 1.807) is 6.20 Å². The summed E-state index contributed by atoms with van der Waals surface area (Å²) in [5, 5.41) is 0. The predicted octanol–water partition coefficient (Wildman–Crippen LogP) is 14.0. The van der Waals surface area contributed by atoms with Crippen molar-refractivity contribution >= 4 is 11.4 Å². The van der Waals surface area contributed by atoms with Gasteiger partial charge in [0.15, 0.2) is 0 Å². The summed E-state index contributed by atoms with van der Waals surface area (Å²) in [6, 6.07) is 29.5. The van der Waals surface area contributed by atoms with E-state index in [0.29, 0.717) is 0 Å². The molecule has 262 valence electrons. The van der Waals surface area contributed by atoms with Gasteiger partial charge in [0.1, 0.15) is 5.75 Å². The van der Waals surface area contributed by atoms with Gasteiger partial charge in [-0.05, 0) is 42.7 Å². The smallest absolute Gasteiger partial charge is 0.135 e. The zero-order chi connectivity index (χ0) is 33.5. The molecule has 4 heteroatoms. The molecule has 0 saturated heterocycles. The molecule has 3 aromatic carbocycles. The average Bonchev–Trinajstić information content (AvgIpc) is 3.13. The predicted molar refractivity (Wildman–Crippen MR) is 208 cm³/mol. The average molecular weight is 697 g/mol. The molecule has 0 radical (unpaired) electrons. The van der Waals surface area contributed by atoms with Crippen LogP contribution in [0.2, 0.25) is 0 Å². The van der Waals surface area contributed by atoms with E-state index in [1.165, 1.54) is 109 Å². The number of nitrogens with zero attached hydrogens (tertiary/aromatic N) is 2. The number of hydrogen-bond acceptors (Lipinski definition) is 3. The number of rotatable bonds is 24. The minimum Gasteiger partial charge on any atom is -0.492 e. The van der Waals surface area contributed by atoms with E-state index in [-0.39, 0.29) is 17.4 Å². The van der Waals surface area contributed by atoms with Crippen LogP contribution >= 0.6 is 0 Å². The van der Waals surface area contributed by atoms with Crippen molar-refractivity contribution in [3.05, 3.63) is 103 Å². The second-order valence-corrected chi connectivity index (χ2v) is 13.4. The topological polar surface area (TPSA) is 34.5 Å². The molecule has 3 nitrogen and oxygen atoms in total. The van der Waals surface area contributed by atoms with Crippen LogP contribution in [0.5, 0.6) is 5.75 Å². The van der Waals surface area contributed by atoms with Gasteiger partial charge in [-0.25, -0.2) is 0 Å². The first-order chi connectivity index (χ1) is 23.8.